The zero-order valence-corrected chi connectivity index (χ0v) is 12.3. The topological polar surface area (TPSA) is 124 Å². The molecule has 1 unspecified atom stereocenters. The van der Waals surface area contributed by atoms with Gasteiger partial charge < -0.3 is 15.3 Å². The number of hydrogen-bond acceptors (Lipinski definition) is 5. The fourth-order valence-electron chi connectivity index (χ4n) is 2.20. The van der Waals surface area contributed by atoms with Crippen LogP contribution in [0.15, 0.2) is 47.8 Å². The van der Waals surface area contributed by atoms with E-state index in [1.165, 1.54) is 37.3 Å². The number of amides is 1. The van der Waals surface area contributed by atoms with E-state index in [-0.39, 0.29) is 17.1 Å². The lowest BCUT2D eigenvalue weighted by molar-refractivity contribution is -0.129. The van der Waals surface area contributed by atoms with Gasteiger partial charge in [0.15, 0.2) is 0 Å². The van der Waals surface area contributed by atoms with E-state index in [2.05, 4.69) is 0 Å². The van der Waals surface area contributed by atoms with Crippen molar-refractivity contribution < 1.29 is 24.9 Å². The third-order valence-corrected chi connectivity index (χ3v) is 3.40. The summed E-state index contributed by atoms with van der Waals surface area (Å²) in [6.07, 6.45) is 6.15. The van der Waals surface area contributed by atoms with E-state index >= 15 is 0 Å². The molecule has 0 bridgehead atoms. The summed E-state index contributed by atoms with van der Waals surface area (Å²) in [4.78, 5) is 22.5. The SMILES string of the molecule is CC(=O)N(N)C1C=CC=C(O)C1=Cc1ccc(O)c(C(=O)O)c1. The highest BCUT2D eigenvalue weighted by atomic mass is 16.4. The zero-order chi connectivity index (χ0) is 17.1. The maximum absolute atomic E-state index is 11.5. The Hall–Kier alpha value is -3.06. The summed E-state index contributed by atoms with van der Waals surface area (Å²) < 4.78 is 0. The number of nitrogens with zero attached hydrogens (tertiary/aromatic N) is 1. The van der Waals surface area contributed by atoms with E-state index in [9.17, 15) is 19.8 Å². The highest BCUT2D eigenvalue weighted by Crippen LogP contribution is 2.26. The minimum absolute atomic E-state index is 0.0841. The number of carboxylic acids is 1. The molecular weight excluding hydrogens is 300 g/mol. The van der Waals surface area contributed by atoms with Crippen molar-refractivity contribution in [1.82, 2.24) is 5.01 Å². The average Bonchev–Trinajstić information content (AvgIpc) is 2.49. The summed E-state index contributed by atoms with van der Waals surface area (Å²) >= 11 is 0. The second-order valence-electron chi connectivity index (χ2n) is 4.99. The molecule has 0 aromatic heterocycles. The number of aliphatic hydroxyl groups is 1. The van der Waals surface area contributed by atoms with Gasteiger partial charge in [0.2, 0.25) is 5.91 Å². The monoisotopic (exact) mass is 316 g/mol. The van der Waals surface area contributed by atoms with Gasteiger partial charge in [-0.3, -0.25) is 9.80 Å². The second kappa shape index (κ2) is 6.37. The molecule has 1 atom stereocenters. The standard InChI is InChI=1S/C16H16N2O5/c1-9(19)18(17)13-3-2-4-14(20)11(13)7-10-5-6-15(21)12(8-10)16(22)23/h2-8,13,20-21H,17H2,1H3,(H,22,23). The fraction of sp³-hybridized carbons (Fsp3) is 0.125. The summed E-state index contributed by atoms with van der Waals surface area (Å²) in [7, 11) is 0. The molecule has 120 valence electrons. The van der Waals surface area contributed by atoms with Crippen LogP contribution in [0.25, 0.3) is 6.08 Å². The number of carboxylic acid groups (broad SMARTS) is 1. The van der Waals surface area contributed by atoms with Crippen LogP contribution in [0.5, 0.6) is 5.75 Å². The van der Waals surface area contributed by atoms with Crippen LogP contribution in [0.3, 0.4) is 0 Å². The van der Waals surface area contributed by atoms with Crippen molar-refractivity contribution in [2.75, 3.05) is 0 Å². The molecular formula is C16H16N2O5. The first-order chi connectivity index (χ1) is 10.8. The highest BCUT2D eigenvalue weighted by Gasteiger charge is 2.24. The predicted molar refractivity (Wildman–Crippen MR) is 83.4 cm³/mol. The normalized spacial score (nSPS) is 18.6. The Morgan fingerprint density at radius 2 is 2.00 bits per heavy atom. The molecule has 1 amide bonds. The largest absolute Gasteiger partial charge is 0.508 e. The predicted octanol–water partition coefficient (Wildman–Crippen LogP) is 1.58. The molecule has 0 fully saturated rings. The first kappa shape index (κ1) is 16.3. The number of aromatic carboxylic acids is 1. The van der Waals surface area contributed by atoms with Gasteiger partial charge in [0, 0.05) is 12.5 Å². The number of rotatable bonds is 3. The van der Waals surface area contributed by atoms with Crippen molar-refractivity contribution >= 4 is 18.0 Å². The molecule has 1 aromatic carbocycles. The molecule has 1 aliphatic carbocycles. The molecule has 0 radical (unpaired) electrons. The summed E-state index contributed by atoms with van der Waals surface area (Å²) in [5.74, 6) is 3.61. The van der Waals surface area contributed by atoms with Crippen LogP contribution in [0.1, 0.15) is 22.8 Å². The molecule has 0 heterocycles. The van der Waals surface area contributed by atoms with Crippen LogP contribution < -0.4 is 5.84 Å². The Morgan fingerprint density at radius 1 is 1.30 bits per heavy atom. The van der Waals surface area contributed by atoms with E-state index in [0.29, 0.717) is 11.1 Å². The number of nitrogens with two attached hydrogens (primary N) is 1. The summed E-state index contributed by atoms with van der Waals surface area (Å²) in [5, 5.41) is 29.6. The second-order valence-corrected chi connectivity index (χ2v) is 4.99. The van der Waals surface area contributed by atoms with Gasteiger partial charge in [-0.05, 0) is 29.8 Å². The molecule has 0 saturated heterocycles. The van der Waals surface area contributed by atoms with Crippen LogP contribution in [-0.2, 0) is 4.79 Å². The highest BCUT2D eigenvalue weighted by molar-refractivity contribution is 5.91. The lowest BCUT2D eigenvalue weighted by Gasteiger charge is -2.27. The van der Waals surface area contributed by atoms with Crippen LogP contribution >= 0.6 is 0 Å². The molecule has 1 aromatic rings. The first-order valence-electron chi connectivity index (χ1n) is 6.71. The molecule has 1 aliphatic rings. The number of hydrazine groups is 1. The van der Waals surface area contributed by atoms with Gasteiger partial charge in [-0.2, -0.15) is 0 Å². The van der Waals surface area contributed by atoms with Crippen molar-refractivity contribution in [3.63, 3.8) is 0 Å². The first-order valence-corrected chi connectivity index (χ1v) is 6.71. The number of carbonyl (C=O) groups is 2. The quantitative estimate of drug-likeness (QED) is 0.381. The van der Waals surface area contributed by atoms with E-state index in [1.54, 1.807) is 12.2 Å². The molecule has 2 rings (SSSR count). The average molecular weight is 316 g/mol. The van der Waals surface area contributed by atoms with Crippen molar-refractivity contribution in [1.29, 1.82) is 0 Å². The van der Waals surface area contributed by atoms with Gasteiger partial charge in [0.05, 0.1) is 6.04 Å². The molecule has 0 saturated carbocycles. The van der Waals surface area contributed by atoms with Crippen LogP contribution in [0, 0.1) is 0 Å². The van der Waals surface area contributed by atoms with Crippen LogP contribution in [0.2, 0.25) is 0 Å². The number of aliphatic hydroxyl groups excluding tert-OH is 1. The van der Waals surface area contributed by atoms with Gasteiger partial charge in [0.25, 0.3) is 0 Å². The smallest absolute Gasteiger partial charge is 0.339 e. The van der Waals surface area contributed by atoms with E-state index in [4.69, 9.17) is 10.9 Å². The number of phenols is 1. The Bertz CT molecular complexity index is 749. The molecule has 0 spiro atoms. The summed E-state index contributed by atoms with van der Waals surface area (Å²) in [6.45, 7) is 1.30. The number of carbonyl (C=O) groups excluding carboxylic acids is 1. The lowest BCUT2D eigenvalue weighted by atomic mass is 9.96. The lowest BCUT2D eigenvalue weighted by Crippen LogP contribution is -2.45. The van der Waals surface area contributed by atoms with Crippen molar-refractivity contribution in [2.24, 2.45) is 5.84 Å². The number of allylic oxidation sites excluding steroid dienone is 2. The fourth-order valence-corrected chi connectivity index (χ4v) is 2.20. The third kappa shape index (κ3) is 3.41. The van der Waals surface area contributed by atoms with Gasteiger partial charge in [-0.1, -0.05) is 18.2 Å². The molecule has 5 N–H and O–H groups in total. The Balaban J connectivity index is 2.48. The number of benzene rings is 1. The number of hydrogen-bond donors (Lipinski definition) is 4. The van der Waals surface area contributed by atoms with Crippen molar-refractivity contribution in [3.05, 3.63) is 58.9 Å². The van der Waals surface area contributed by atoms with Crippen molar-refractivity contribution in [3.8, 4) is 5.75 Å². The van der Waals surface area contributed by atoms with E-state index in [1.807, 2.05) is 0 Å². The molecule has 7 heteroatoms. The minimum Gasteiger partial charge on any atom is -0.508 e. The maximum Gasteiger partial charge on any atom is 0.339 e. The van der Waals surface area contributed by atoms with Gasteiger partial charge in [0.1, 0.15) is 17.1 Å². The van der Waals surface area contributed by atoms with Gasteiger partial charge in [-0.25, -0.2) is 10.6 Å². The van der Waals surface area contributed by atoms with Crippen LogP contribution in [-0.4, -0.2) is 38.2 Å². The Kier molecular flexibility index (Phi) is 4.52. The summed E-state index contributed by atoms with van der Waals surface area (Å²) in [6, 6.07) is 3.32. The van der Waals surface area contributed by atoms with E-state index in [0.717, 1.165) is 5.01 Å². The third-order valence-electron chi connectivity index (χ3n) is 3.40. The number of aromatic hydroxyl groups is 1. The van der Waals surface area contributed by atoms with E-state index < -0.39 is 17.9 Å². The maximum atomic E-state index is 11.5. The zero-order valence-electron chi connectivity index (χ0n) is 12.3. The van der Waals surface area contributed by atoms with Gasteiger partial charge >= 0.3 is 5.97 Å². The molecule has 23 heavy (non-hydrogen) atoms. The molecule has 7 nitrogen and oxygen atoms in total. The summed E-state index contributed by atoms with van der Waals surface area (Å²) in [5.41, 5.74) is 0.515. The van der Waals surface area contributed by atoms with Gasteiger partial charge in [-0.15, -0.1) is 0 Å². The van der Waals surface area contributed by atoms with Crippen LogP contribution in [0.4, 0.5) is 0 Å². The Morgan fingerprint density at radius 3 is 2.61 bits per heavy atom. The molecule has 0 aliphatic heterocycles. The van der Waals surface area contributed by atoms with Crippen molar-refractivity contribution in [2.45, 2.75) is 13.0 Å². The minimum atomic E-state index is -1.27. The Labute approximate surface area is 132 Å².